The molecule has 3 atom stereocenters. The number of pyridine rings is 1. The average Bonchev–Trinajstić information content (AvgIpc) is 3.03. The highest BCUT2D eigenvalue weighted by Crippen LogP contribution is 2.35. The highest BCUT2D eigenvalue weighted by Gasteiger charge is 2.45. The predicted molar refractivity (Wildman–Crippen MR) is 114 cm³/mol. The van der Waals surface area contributed by atoms with Gasteiger partial charge in [0.1, 0.15) is 17.7 Å². The number of rotatable bonds is 5. The molecule has 2 heterocycles. The van der Waals surface area contributed by atoms with E-state index in [1.807, 2.05) is 0 Å². The second kappa shape index (κ2) is 9.41. The molecule has 1 aromatic carbocycles. The zero-order valence-electron chi connectivity index (χ0n) is 18.0. The van der Waals surface area contributed by atoms with Crippen LogP contribution in [0.25, 0.3) is 0 Å². The van der Waals surface area contributed by atoms with Gasteiger partial charge in [0.2, 0.25) is 0 Å². The number of β-amino-alcohol motifs (C(OH)–C–C–N with tert-alkyl or cyclic N) is 1. The maximum Gasteiger partial charge on any atom is 0.416 e. The minimum Gasteiger partial charge on any atom is -0.392 e. The summed E-state index contributed by atoms with van der Waals surface area (Å²) in [6, 6.07) is 4.13. The summed E-state index contributed by atoms with van der Waals surface area (Å²) >= 11 is 5.81. The standard InChI is InChI=1S/C21H23ClF4N4O3/c1-11-6-13(21(24,25)26)7-18(27-11)30-17(10-29(20(30)33)9-12(2)31)19(32)28(3)14-4-5-16(23)15(22)8-14/h4-8,12,17,20,31,33H,9-10H2,1-3H3/t12?,17-,20?/m0/s1. The lowest BCUT2D eigenvalue weighted by Gasteiger charge is -2.31. The zero-order valence-corrected chi connectivity index (χ0v) is 18.8. The SMILES string of the molecule is Cc1cc(C(F)(F)F)cc(N2C(O)N(CC(C)O)C[C@H]2C(=O)N(C)c2ccc(F)c(Cl)c2)n1. The van der Waals surface area contributed by atoms with Crippen LogP contribution < -0.4 is 9.80 Å². The van der Waals surface area contributed by atoms with Gasteiger partial charge in [0.25, 0.3) is 5.91 Å². The number of amides is 1. The van der Waals surface area contributed by atoms with Crippen LogP contribution in [0.15, 0.2) is 30.3 Å². The summed E-state index contributed by atoms with van der Waals surface area (Å²) in [5, 5.41) is 20.4. The number of aromatic nitrogens is 1. The number of aryl methyl sites for hydroxylation is 1. The number of aliphatic hydroxyl groups excluding tert-OH is 2. The van der Waals surface area contributed by atoms with Crippen molar-refractivity contribution in [3.05, 3.63) is 52.4 Å². The Balaban J connectivity index is 2.03. The normalized spacial score (nSPS) is 20.2. The Bertz CT molecular complexity index is 1040. The average molecular weight is 491 g/mol. The lowest BCUT2D eigenvalue weighted by molar-refractivity contribution is -0.137. The van der Waals surface area contributed by atoms with E-state index < -0.39 is 42.0 Å². The van der Waals surface area contributed by atoms with Gasteiger partial charge in [0.15, 0.2) is 6.35 Å². The predicted octanol–water partition coefficient (Wildman–Crippen LogP) is 3.01. The van der Waals surface area contributed by atoms with E-state index in [1.54, 1.807) is 0 Å². The van der Waals surface area contributed by atoms with Crippen LogP contribution in [0, 0.1) is 12.7 Å². The molecular formula is C21H23ClF4N4O3. The first kappa shape index (κ1) is 25.2. The van der Waals surface area contributed by atoms with Crippen molar-refractivity contribution in [1.29, 1.82) is 0 Å². The smallest absolute Gasteiger partial charge is 0.392 e. The molecule has 12 heteroatoms. The molecule has 1 fully saturated rings. The molecule has 2 unspecified atom stereocenters. The monoisotopic (exact) mass is 490 g/mol. The van der Waals surface area contributed by atoms with Gasteiger partial charge in [-0.1, -0.05) is 11.6 Å². The molecule has 2 N–H and O–H groups in total. The number of nitrogens with zero attached hydrogens (tertiary/aromatic N) is 4. The molecule has 33 heavy (non-hydrogen) atoms. The minimum atomic E-state index is -4.66. The van der Waals surface area contributed by atoms with E-state index in [1.165, 1.54) is 42.8 Å². The summed E-state index contributed by atoms with van der Waals surface area (Å²) in [5.74, 6) is -1.51. The molecule has 1 aliphatic heterocycles. The van der Waals surface area contributed by atoms with E-state index in [-0.39, 0.29) is 35.3 Å². The molecule has 7 nitrogen and oxygen atoms in total. The Hall–Kier alpha value is -2.47. The molecule has 1 aliphatic rings. The number of aliphatic hydroxyl groups is 2. The van der Waals surface area contributed by atoms with Crippen molar-refractivity contribution in [2.24, 2.45) is 0 Å². The quantitative estimate of drug-likeness (QED) is 0.627. The molecule has 0 spiro atoms. The van der Waals surface area contributed by atoms with E-state index in [2.05, 4.69) is 4.98 Å². The fourth-order valence-corrected chi connectivity index (χ4v) is 3.89. The van der Waals surface area contributed by atoms with Crippen LogP contribution in [0.5, 0.6) is 0 Å². The summed E-state index contributed by atoms with van der Waals surface area (Å²) < 4.78 is 53.7. The van der Waals surface area contributed by atoms with Crippen molar-refractivity contribution in [3.8, 4) is 0 Å². The van der Waals surface area contributed by atoms with Gasteiger partial charge in [-0.2, -0.15) is 13.2 Å². The number of hydrogen-bond acceptors (Lipinski definition) is 6. The molecule has 0 radical (unpaired) electrons. The van der Waals surface area contributed by atoms with Gasteiger partial charge in [-0.3, -0.25) is 9.69 Å². The third-order valence-corrected chi connectivity index (χ3v) is 5.54. The number of benzene rings is 1. The molecule has 1 aromatic heterocycles. The van der Waals surface area contributed by atoms with Crippen LogP contribution >= 0.6 is 11.6 Å². The van der Waals surface area contributed by atoms with Crippen LogP contribution in [0.3, 0.4) is 0 Å². The molecule has 3 rings (SSSR count). The van der Waals surface area contributed by atoms with Gasteiger partial charge in [-0.05, 0) is 44.2 Å². The number of anilines is 2. The summed E-state index contributed by atoms with van der Waals surface area (Å²) in [6.45, 7) is 2.72. The lowest BCUT2D eigenvalue weighted by atomic mass is 10.1. The molecule has 0 saturated carbocycles. The third-order valence-electron chi connectivity index (χ3n) is 5.26. The number of alkyl halides is 3. The van der Waals surface area contributed by atoms with E-state index in [4.69, 9.17) is 11.6 Å². The zero-order chi connectivity index (χ0) is 24.7. The number of hydrogen-bond donors (Lipinski definition) is 2. The van der Waals surface area contributed by atoms with Crippen LogP contribution in [-0.2, 0) is 11.0 Å². The molecule has 2 aromatic rings. The van der Waals surface area contributed by atoms with Gasteiger partial charge in [0.05, 0.1) is 16.7 Å². The summed E-state index contributed by atoms with van der Waals surface area (Å²) in [7, 11) is 1.40. The largest absolute Gasteiger partial charge is 0.416 e. The van der Waals surface area contributed by atoms with Crippen LogP contribution in [0.2, 0.25) is 5.02 Å². The van der Waals surface area contributed by atoms with Crippen LogP contribution in [0.1, 0.15) is 18.2 Å². The first-order chi connectivity index (χ1) is 15.3. The fourth-order valence-electron chi connectivity index (χ4n) is 3.72. The number of likely N-dealkylation sites (N-methyl/N-ethyl adjacent to an activating group) is 1. The van der Waals surface area contributed by atoms with Gasteiger partial charge >= 0.3 is 6.18 Å². The minimum absolute atomic E-state index is 0.0362. The first-order valence-electron chi connectivity index (χ1n) is 9.96. The summed E-state index contributed by atoms with van der Waals surface area (Å²) in [4.78, 5) is 21.1. The molecule has 180 valence electrons. The second-order valence-corrected chi connectivity index (χ2v) is 8.33. The van der Waals surface area contributed by atoms with Gasteiger partial charge in [-0.25, -0.2) is 9.37 Å². The van der Waals surface area contributed by atoms with Crippen molar-refractivity contribution in [2.75, 3.05) is 29.9 Å². The summed E-state index contributed by atoms with van der Waals surface area (Å²) in [5.41, 5.74) is -0.676. The summed E-state index contributed by atoms with van der Waals surface area (Å²) in [6.07, 6.45) is -7.05. The second-order valence-electron chi connectivity index (χ2n) is 7.92. The molecular weight excluding hydrogens is 468 g/mol. The van der Waals surface area contributed by atoms with Gasteiger partial charge in [0, 0.05) is 31.5 Å². The maximum atomic E-state index is 13.5. The van der Waals surface area contributed by atoms with Crippen molar-refractivity contribution in [2.45, 2.75) is 38.5 Å². The van der Waals surface area contributed by atoms with Crippen molar-refractivity contribution < 1.29 is 32.6 Å². The van der Waals surface area contributed by atoms with Gasteiger partial charge < -0.3 is 20.0 Å². The van der Waals surface area contributed by atoms with Crippen molar-refractivity contribution >= 4 is 29.0 Å². The number of carbonyl (C=O) groups excluding carboxylic acids is 1. The molecule has 0 bridgehead atoms. The molecule has 1 amide bonds. The number of carbonyl (C=O) groups is 1. The van der Waals surface area contributed by atoms with Crippen LogP contribution in [-0.4, -0.2) is 64.6 Å². The van der Waals surface area contributed by atoms with E-state index in [9.17, 15) is 32.6 Å². The highest BCUT2D eigenvalue weighted by molar-refractivity contribution is 6.31. The van der Waals surface area contributed by atoms with E-state index in [0.29, 0.717) is 0 Å². The Kier molecular flexibility index (Phi) is 7.18. The Morgan fingerprint density at radius 1 is 1.33 bits per heavy atom. The Morgan fingerprint density at radius 3 is 2.58 bits per heavy atom. The third kappa shape index (κ3) is 5.37. The van der Waals surface area contributed by atoms with Crippen LogP contribution in [0.4, 0.5) is 29.1 Å². The first-order valence-corrected chi connectivity index (χ1v) is 10.3. The van der Waals surface area contributed by atoms with Crippen molar-refractivity contribution in [3.63, 3.8) is 0 Å². The maximum absolute atomic E-state index is 13.5. The fraction of sp³-hybridized carbons (Fsp3) is 0.429. The van der Waals surface area contributed by atoms with E-state index >= 15 is 0 Å². The van der Waals surface area contributed by atoms with Gasteiger partial charge in [-0.15, -0.1) is 0 Å². The topological polar surface area (TPSA) is 80.1 Å². The Labute approximate surface area is 192 Å². The van der Waals surface area contributed by atoms with Crippen molar-refractivity contribution in [1.82, 2.24) is 9.88 Å². The highest BCUT2D eigenvalue weighted by atomic mass is 35.5. The molecule has 0 aliphatic carbocycles. The Morgan fingerprint density at radius 2 is 2.00 bits per heavy atom. The lowest BCUT2D eigenvalue weighted by Crippen LogP contribution is -2.49. The number of halogens is 5. The molecule has 1 saturated heterocycles. The van der Waals surface area contributed by atoms with E-state index in [0.717, 1.165) is 23.1 Å².